The molecule has 0 unspecified atom stereocenters. The van der Waals surface area contributed by atoms with E-state index in [1.807, 2.05) is 11.6 Å². The predicted octanol–water partition coefficient (Wildman–Crippen LogP) is 3.15. The fraction of sp³-hybridized carbons (Fsp3) is 0.471. The summed E-state index contributed by atoms with van der Waals surface area (Å²) in [7, 11) is 0. The van der Waals surface area contributed by atoms with Crippen molar-refractivity contribution in [3.63, 3.8) is 0 Å². The van der Waals surface area contributed by atoms with Crippen LogP contribution in [0.3, 0.4) is 0 Å². The fourth-order valence-electron chi connectivity index (χ4n) is 3.51. The molecule has 0 atom stereocenters. The molecule has 112 valence electrons. The maximum atomic E-state index is 6.48. The number of nitrogens with two attached hydrogens (primary N) is 1. The Morgan fingerprint density at radius 1 is 1.29 bits per heavy atom. The second-order valence-corrected chi connectivity index (χ2v) is 6.54. The molecular formula is C17H22ClN3. The second kappa shape index (κ2) is 5.47. The van der Waals surface area contributed by atoms with Crippen LogP contribution in [-0.4, -0.2) is 16.3 Å². The van der Waals surface area contributed by atoms with Crippen LogP contribution < -0.4 is 5.73 Å². The van der Waals surface area contributed by atoms with Gasteiger partial charge < -0.3 is 5.73 Å². The van der Waals surface area contributed by atoms with Crippen molar-refractivity contribution in [3.8, 4) is 0 Å². The lowest BCUT2D eigenvalue weighted by Crippen LogP contribution is -2.34. The highest BCUT2D eigenvalue weighted by Gasteiger charge is 2.37. The van der Waals surface area contributed by atoms with Gasteiger partial charge >= 0.3 is 0 Å². The molecule has 1 heterocycles. The van der Waals surface area contributed by atoms with Gasteiger partial charge in [0.1, 0.15) is 0 Å². The molecule has 0 amide bonds. The van der Waals surface area contributed by atoms with E-state index in [4.69, 9.17) is 17.3 Å². The highest BCUT2D eigenvalue weighted by molar-refractivity contribution is 6.31. The van der Waals surface area contributed by atoms with Crippen molar-refractivity contribution in [2.45, 2.75) is 39.7 Å². The maximum Gasteiger partial charge on any atom is 0.0847 e. The zero-order valence-electron chi connectivity index (χ0n) is 12.7. The molecule has 0 bridgehead atoms. The van der Waals surface area contributed by atoms with Gasteiger partial charge in [0.2, 0.25) is 0 Å². The summed E-state index contributed by atoms with van der Waals surface area (Å²) >= 11 is 6.48. The van der Waals surface area contributed by atoms with Crippen LogP contribution in [0, 0.1) is 12.3 Å². The van der Waals surface area contributed by atoms with E-state index in [2.05, 4.69) is 36.3 Å². The molecule has 2 N–H and O–H groups in total. The molecule has 0 saturated heterocycles. The van der Waals surface area contributed by atoms with Gasteiger partial charge in [-0.1, -0.05) is 35.9 Å². The van der Waals surface area contributed by atoms with Gasteiger partial charge in [0.05, 0.1) is 16.4 Å². The van der Waals surface area contributed by atoms with Crippen LogP contribution in [0.2, 0.25) is 5.02 Å². The molecule has 0 fully saturated rings. The largest absolute Gasteiger partial charge is 0.330 e. The van der Waals surface area contributed by atoms with Gasteiger partial charge in [0.25, 0.3) is 0 Å². The summed E-state index contributed by atoms with van der Waals surface area (Å²) in [6.45, 7) is 5.59. The number of aryl methyl sites for hydroxylation is 2. The van der Waals surface area contributed by atoms with E-state index in [-0.39, 0.29) is 5.41 Å². The van der Waals surface area contributed by atoms with E-state index in [0.29, 0.717) is 6.54 Å². The summed E-state index contributed by atoms with van der Waals surface area (Å²) in [5.74, 6) is 0. The van der Waals surface area contributed by atoms with E-state index in [1.54, 1.807) is 0 Å². The Balaban J connectivity index is 1.94. The first-order valence-corrected chi connectivity index (χ1v) is 7.95. The lowest BCUT2D eigenvalue weighted by Gasteiger charge is -2.27. The molecular weight excluding hydrogens is 282 g/mol. The lowest BCUT2D eigenvalue weighted by atomic mass is 9.80. The minimum Gasteiger partial charge on any atom is -0.330 e. The molecule has 0 saturated carbocycles. The fourth-order valence-corrected chi connectivity index (χ4v) is 3.71. The van der Waals surface area contributed by atoms with Crippen LogP contribution in [0.25, 0.3) is 0 Å². The number of halogens is 1. The van der Waals surface area contributed by atoms with Gasteiger partial charge in [-0.2, -0.15) is 5.10 Å². The van der Waals surface area contributed by atoms with Crippen molar-refractivity contribution in [3.05, 3.63) is 51.8 Å². The van der Waals surface area contributed by atoms with Crippen LogP contribution in [0.5, 0.6) is 0 Å². The maximum absolute atomic E-state index is 6.48. The van der Waals surface area contributed by atoms with Gasteiger partial charge in [-0.25, -0.2) is 0 Å². The summed E-state index contributed by atoms with van der Waals surface area (Å²) in [6.07, 6.45) is 2.96. The van der Waals surface area contributed by atoms with Gasteiger partial charge in [-0.15, -0.1) is 0 Å². The third kappa shape index (κ3) is 2.49. The lowest BCUT2D eigenvalue weighted by molar-refractivity contribution is 0.305. The van der Waals surface area contributed by atoms with Gasteiger partial charge in [0.15, 0.2) is 0 Å². The summed E-state index contributed by atoms with van der Waals surface area (Å²) in [5, 5.41) is 5.34. The minimum absolute atomic E-state index is 0.0761. The van der Waals surface area contributed by atoms with Crippen molar-refractivity contribution < 1.29 is 0 Å². The number of rotatable bonds is 4. The highest BCUT2D eigenvalue weighted by Crippen LogP contribution is 2.40. The molecule has 0 radical (unpaired) electrons. The van der Waals surface area contributed by atoms with Gasteiger partial charge in [0, 0.05) is 6.54 Å². The van der Waals surface area contributed by atoms with Crippen LogP contribution in [0.4, 0.5) is 0 Å². The van der Waals surface area contributed by atoms with Crippen LogP contribution in [0.1, 0.15) is 29.4 Å². The van der Waals surface area contributed by atoms with E-state index < -0.39 is 0 Å². The molecule has 3 rings (SSSR count). The molecule has 0 aliphatic heterocycles. The van der Waals surface area contributed by atoms with Crippen molar-refractivity contribution in [1.82, 2.24) is 9.78 Å². The number of aromatic nitrogens is 2. The number of hydrogen-bond donors (Lipinski definition) is 1. The predicted molar refractivity (Wildman–Crippen MR) is 86.7 cm³/mol. The summed E-state index contributed by atoms with van der Waals surface area (Å²) in [4.78, 5) is 0. The zero-order valence-corrected chi connectivity index (χ0v) is 13.5. The summed E-state index contributed by atoms with van der Waals surface area (Å²) in [5.41, 5.74) is 11.2. The van der Waals surface area contributed by atoms with Crippen molar-refractivity contribution in [2.75, 3.05) is 6.54 Å². The van der Waals surface area contributed by atoms with Crippen LogP contribution in [-0.2, 0) is 25.8 Å². The topological polar surface area (TPSA) is 43.8 Å². The average molecular weight is 304 g/mol. The molecule has 4 heteroatoms. The minimum atomic E-state index is 0.0761. The molecule has 1 aromatic heterocycles. The van der Waals surface area contributed by atoms with Gasteiger partial charge in [-0.3, -0.25) is 4.68 Å². The second-order valence-electron chi connectivity index (χ2n) is 6.17. The third-order valence-electron chi connectivity index (χ3n) is 4.68. The summed E-state index contributed by atoms with van der Waals surface area (Å²) in [6, 6.07) is 8.66. The molecule has 21 heavy (non-hydrogen) atoms. The monoisotopic (exact) mass is 303 g/mol. The molecule has 1 aliphatic rings. The van der Waals surface area contributed by atoms with E-state index in [9.17, 15) is 0 Å². The Morgan fingerprint density at radius 3 is 2.43 bits per heavy atom. The zero-order chi connectivity index (χ0) is 15.0. The number of nitrogens with zero attached hydrogens (tertiary/aromatic N) is 2. The normalized spacial score (nSPS) is 16.2. The molecule has 1 aromatic carbocycles. The number of fused-ring (bicyclic) bond motifs is 1. The SMILES string of the molecule is CCn1nc(C)c(Cl)c1CC1(CN)Cc2ccccc2C1. The third-order valence-corrected chi connectivity index (χ3v) is 5.17. The van der Waals surface area contributed by atoms with Crippen LogP contribution in [0.15, 0.2) is 24.3 Å². The first kappa shape index (κ1) is 14.6. The van der Waals surface area contributed by atoms with Crippen molar-refractivity contribution in [1.29, 1.82) is 0 Å². The molecule has 2 aromatic rings. The molecule has 3 nitrogen and oxygen atoms in total. The summed E-state index contributed by atoms with van der Waals surface area (Å²) < 4.78 is 2.03. The van der Waals surface area contributed by atoms with Gasteiger partial charge in [-0.05, 0) is 56.2 Å². The highest BCUT2D eigenvalue weighted by atomic mass is 35.5. The first-order valence-electron chi connectivity index (χ1n) is 7.57. The standard InChI is InChI=1S/C17H22ClN3/c1-3-21-15(16(18)12(2)20-21)10-17(11-19)8-13-6-4-5-7-14(13)9-17/h4-7H,3,8-11,19H2,1-2H3. The van der Waals surface area contributed by atoms with Crippen LogP contribution >= 0.6 is 11.6 Å². The Morgan fingerprint density at radius 2 is 1.90 bits per heavy atom. The number of benzene rings is 1. The van der Waals surface area contributed by atoms with Crippen molar-refractivity contribution in [2.24, 2.45) is 11.1 Å². The molecule has 0 spiro atoms. The number of hydrogen-bond acceptors (Lipinski definition) is 2. The first-order chi connectivity index (χ1) is 10.1. The smallest absolute Gasteiger partial charge is 0.0847 e. The van der Waals surface area contributed by atoms with E-state index in [0.717, 1.165) is 42.2 Å². The Labute approximate surface area is 131 Å². The average Bonchev–Trinajstić information content (AvgIpc) is 3.00. The Hall–Kier alpha value is -1.32. The van der Waals surface area contributed by atoms with E-state index in [1.165, 1.54) is 11.1 Å². The quantitative estimate of drug-likeness (QED) is 0.943. The Kier molecular flexibility index (Phi) is 3.80. The van der Waals surface area contributed by atoms with Crippen molar-refractivity contribution >= 4 is 11.6 Å². The molecule has 1 aliphatic carbocycles. The Bertz CT molecular complexity index is 635. The van der Waals surface area contributed by atoms with E-state index >= 15 is 0 Å².